The van der Waals surface area contributed by atoms with Crippen LogP contribution in [0.4, 0.5) is 34.1 Å². The zero-order valence-corrected chi connectivity index (χ0v) is 23.9. The average molecular weight is 561 g/mol. The lowest BCUT2D eigenvalue weighted by atomic mass is 9.89. The smallest absolute Gasteiger partial charge is 0.115 e. The number of para-hydroxylation sites is 2. The van der Waals surface area contributed by atoms with Crippen LogP contribution in [0.1, 0.15) is 24.0 Å². The van der Waals surface area contributed by atoms with E-state index in [9.17, 15) is 10.2 Å². The molecule has 43 heavy (non-hydrogen) atoms. The van der Waals surface area contributed by atoms with E-state index < -0.39 is 0 Å². The van der Waals surface area contributed by atoms with Crippen molar-refractivity contribution in [1.82, 2.24) is 0 Å². The normalized spacial score (nSPS) is 10.9. The molecule has 0 aliphatic carbocycles. The quantitative estimate of drug-likeness (QED) is 0.185. The lowest BCUT2D eigenvalue weighted by Crippen LogP contribution is -2.10. The molecule has 0 amide bonds. The van der Waals surface area contributed by atoms with E-state index in [1.54, 1.807) is 24.3 Å². The van der Waals surface area contributed by atoms with Gasteiger partial charge in [-0.15, -0.1) is 0 Å². The summed E-state index contributed by atoms with van der Waals surface area (Å²) >= 11 is 0. The first-order valence-electron chi connectivity index (χ1n) is 14.3. The van der Waals surface area contributed by atoms with Crippen LogP contribution in [0.3, 0.4) is 0 Å². The summed E-state index contributed by atoms with van der Waals surface area (Å²) in [5.74, 6) is 0.482. The Labute approximate surface area is 253 Å². The van der Waals surface area contributed by atoms with Gasteiger partial charge in [0.05, 0.1) is 0 Å². The molecule has 210 valence electrons. The van der Waals surface area contributed by atoms with Crippen molar-refractivity contribution < 1.29 is 10.2 Å². The molecule has 0 aliphatic heterocycles. The molecule has 6 rings (SSSR count). The van der Waals surface area contributed by atoms with Crippen LogP contribution in [0.15, 0.2) is 158 Å². The third-order valence-corrected chi connectivity index (χ3v) is 7.50. The van der Waals surface area contributed by atoms with Crippen LogP contribution in [0.2, 0.25) is 0 Å². The Morgan fingerprint density at radius 1 is 0.395 bits per heavy atom. The van der Waals surface area contributed by atoms with E-state index in [2.05, 4.69) is 89.0 Å². The lowest BCUT2D eigenvalue weighted by molar-refractivity contribution is 0.475. The van der Waals surface area contributed by atoms with Crippen LogP contribution in [0.5, 0.6) is 11.5 Å². The van der Waals surface area contributed by atoms with E-state index in [0.29, 0.717) is 0 Å². The van der Waals surface area contributed by atoms with E-state index in [-0.39, 0.29) is 17.4 Å². The van der Waals surface area contributed by atoms with Crippen molar-refractivity contribution in [2.45, 2.75) is 12.8 Å². The molecule has 0 aromatic heterocycles. The van der Waals surface area contributed by atoms with Gasteiger partial charge >= 0.3 is 0 Å². The third kappa shape index (κ3) is 6.09. The lowest BCUT2D eigenvalue weighted by Gasteiger charge is -2.27. The molecule has 4 heteroatoms. The summed E-state index contributed by atoms with van der Waals surface area (Å²) in [6, 6.07) is 52.1. The fraction of sp³-hybridized carbons (Fsp3) is 0.0513. The van der Waals surface area contributed by atoms with E-state index in [0.717, 1.165) is 45.3 Å². The minimum Gasteiger partial charge on any atom is -0.508 e. The maximum Gasteiger partial charge on any atom is 0.115 e. The van der Waals surface area contributed by atoms with Crippen molar-refractivity contribution in [3.05, 3.63) is 175 Å². The Morgan fingerprint density at radius 2 is 0.674 bits per heavy atom. The molecule has 0 saturated heterocycles. The minimum atomic E-state index is 0.000736. The van der Waals surface area contributed by atoms with Crippen molar-refractivity contribution in [1.29, 1.82) is 0 Å². The zero-order chi connectivity index (χ0) is 29.6. The summed E-state index contributed by atoms with van der Waals surface area (Å²) in [4.78, 5) is 4.35. The molecular formula is C39H32N2O2. The third-order valence-electron chi connectivity index (χ3n) is 7.50. The molecule has 6 aromatic carbocycles. The second kappa shape index (κ2) is 12.6. The second-order valence-electron chi connectivity index (χ2n) is 10.3. The largest absolute Gasteiger partial charge is 0.508 e. The summed E-state index contributed by atoms with van der Waals surface area (Å²) in [5, 5.41) is 19.7. The molecule has 0 saturated carbocycles. The van der Waals surface area contributed by atoms with Gasteiger partial charge in [-0.05, 0) is 115 Å². The van der Waals surface area contributed by atoms with E-state index in [4.69, 9.17) is 0 Å². The van der Waals surface area contributed by atoms with Crippen LogP contribution in [-0.4, -0.2) is 10.2 Å². The van der Waals surface area contributed by atoms with Crippen LogP contribution in [-0.2, 0) is 0 Å². The topological polar surface area (TPSA) is 46.9 Å². The Kier molecular flexibility index (Phi) is 8.10. The SMILES string of the molecule is C[C]C(c1ccc(N(c2ccccc2)c2ccc(O)cc2)cc1)c1ccc(N(c2ccccc2)c2ccc(O)cc2)cc1. The highest BCUT2D eigenvalue weighted by atomic mass is 16.3. The number of hydrogen-bond donors (Lipinski definition) is 2. The number of benzene rings is 6. The predicted octanol–water partition coefficient (Wildman–Crippen LogP) is 10.3. The van der Waals surface area contributed by atoms with Gasteiger partial charge in [0.1, 0.15) is 11.5 Å². The fourth-order valence-corrected chi connectivity index (χ4v) is 5.41. The van der Waals surface area contributed by atoms with Crippen molar-refractivity contribution in [2.75, 3.05) is 9.80 Å². The molecule has 2 radical (unpaired) electrons. The average Bonchev–Trinajstić information content (AvgIpc) is 3.06. The van der Waals surface area contributed by atoms with Crippen LogP contribution in [0.25, 0.3) is 0 Å². The Balaban J connectivity index is 1.30. The highest BCUT2D eigenvalue weighted by molar-refractivity contribution is 5.78. The summed E-state index contributed by atoms with van der Waals surface area (Å²) in [5.41, 5.74) is 8.36. The van der Waals surface area contributed by atoms with Gasteiger partial charge in [-0.1, -0.05) is 67.6 Å². The monoisotopic (exact) mass is 560 g/mol. The molecule has 0 spiro atoms. The maximum atomic E-state index is 9.85. The van der Waals surface area contributed by atoms with Crippen molar-refractivity contribution >= 4 is 34.1 Å². The first kappa shape index (κ1) is 27.7. The van der Waals surface area contributed by atoms with E-state index in [1.807, 2.05) is 67.6 Å². The number of rotatable bonds is 9. The maximum absolute atomic E-state index is 9.85. The van der Waals surface area contributed by atoms with Gasteiger partial charge in [-0.3, -0.25) is 0 Å². The first-order valence-corrected chi connectivity index (χ1v) is 14.3. The summed E-state index contributed by atoms with van der Waals surface area (Å²) < 4.78 is 0. The van der Waals surface area contributed by atoms with Gasteiger partial charge in [0.2, 0.25) is 0 Å². The summed E-state index contributed by atoms with van der Waals surface area (Å²) in [7, 11) is 0. The number of phenols is 2. The Hall–Kier alpha value is -5.48. The van der Waals surface area contributed by atoms with Crippen LogP contribution < -0.4 is 9.80 Å². The van der Waals surface area contributed by atoms with Crippen molar-refractivity contribution in [3.8, 4) is 11.5 Å². The van der Waals surface area contributed by atoms with Crippen LogP contribution in [0, 0.1) is 6.42 Å². The molecule has 0 unspecified atom stereocenters. The minimum absolute atomic E-state index is 0.000736. The molecular weight excluding hydrogens is 528 g/mol. The number of nitrogens with zero attached hydrogens (tertiary/aromatic N) is 2. The van der Waals surface area contributed by atoms with Crippen molar-refractivity contribution in [2.24, 2.45) is 0 Å². The summed E-state index contributed by atoms with van der Waals surface area (Å²) in [6.45, 7) is 1.98. The number of aromatic hydroxyl groups is 2. The number of hydrogen-bond acceptors (Lipinski definition) is 4. The van der Waals surface area contributed by atoms with E-state index >= 15 is 0 Å². The Bertz CT molecular complexity index is 1600. The van der Waals surface area contributed by atoms with Gasteiger partial charge < -0.3 is 20.0 Å². The molecule has 0 atom stereocenters. The molecule has 0 heterocycles. The highest BCUT2D eigenvalue weighted by Gasteiger charge is 2.18. The fourth-order valence-electron chi connectivity index (χ4n) is 5.41. The van der Waals surface area contributed by atoms with Gasteiger partial charge in [0.15, 0.2) is 0 Å². The zero-order valence-electron chi connectivity index (χ0n) is 23.9. The molecule has 0 fully saturated rings. The van der Waals surface area contributed by atoms with Gasteiger partial charge in [-0.2, -0.15) is 0 Å². The van der Waals surface area contributed by atoms with Gasteiger partial charge in [0.25, 0.3) is 0 Å². The van der Waals surface area contributed by atoms with Gasteiger partial charge in [-0.25, -0.2) is 0 Å². The van der Waals surface area contributed by atoms with Crippen LogP contribution >= 0.6 is 0 Å². The standard InChI is InChI=1S/C39H32N2O2/c1-2-39(29-13-17-33(18-14-29)40(31-9-5-3-6-10-31)35-21-25-37(42)26-22-35)30-15-19-34(20-16-30)41(32-11-7-4-8-12-32)36-23-27-38(43)28-24-36/h3-28,39,42-43H,1H3. The first-order chi connectivity index (χ1) is 21.1. The highest BCUT2D eigenvalue weighted by Crippen LogP contribution is 2.39. The van der Waals surface area contributed by atoms with Crippen molar-refractivity contribution in [3.63, 3.8) is 0 Å². The number of phenolic OH excluding ortho intramolecular Hbond substituents is 2. The number of anilines is 6. The molecule has 0 aliphatic rings. The second-order valence-corrected chi connectivity index (χ2v) is 10.3. The van der Waals surface area contributed by atoms with E-state index in [1.165, 1.54) is 0 Å². The molecule has 2 N–H and O–H groups in total. The molecule has 4 nitrogen and oxygen atoms in total. The summed E-state index contributed by atoms with van der Waals surface area (Å²) in [6.07, 6.45) is 3.49. The predicted molar refractivity (Wildman–Crippen MR) is 176 cm³/mol. The molecule has 0 bridgehead atoms. The molecule has 6 aromatic rings. The Morgan fingerprint density at radius 3 is 0.977 bits per heavy atom. The van der Waals surface area contributed by atoms with Gasteiger partial charge in [0, 0.05) is 40.0 Å².